The van der Waals surface area contributed by atoms with Crippen molar-refractivity contribution < 1.29 is 0 Å². The van der Waals surface area contributed by atoms with Crippen molar-refractivity contribution in [2.45, 2.75) is 32.7 Å². The number of halogens is 1. The second-order valence-electron chi connectivity index (χ2n) is 4.02. The third-order valence-electron chi connectivity index (χ3n) is 2.83. The molecule has 0 saturated carbocycles. The van der Waals surface area contributed by atoms with E-state index in [1.54, 1.807) is 5.54 Å². The number of hydrogen-bond donors (Lipinski definition) is 1. The minimum Gasteiger partial charge on any atom is -0.315 e. The lowest BCUT2D eigenvalue weighted by molar-refractivity contribution is 0.188. The van der Waals surface area contributed by atoms with Crippen molar-refractivity contribution in [3.8, 4) is 0 Å². The highest BCUT2D eigenvalue weighted by Crippen LogP contribution is 2.12. The van der Waals surface area contributed by atoms with E-state index in [1.807, 2.05) is 0 Å². The van der Waals surface area contributed by atoms with E-state index < -0.39 is 0 Å². The Kier molecular flexibility index (Phi) is 5.53. The maximum atomic E-state index is 5.69. The maximum absolute atomic E-state index is 5.69. The summed E-state index contributed by atoms with van der Waals surface area (Å²) < 4.78 is 0. The summed E-state index contributed by atoms with van der Waals surface area (Å²) >= 11 is 5.69. The van der Waals surface area contributed by atoms with Crippen molar-refractivity contribution in [2.75, 3.05) is 26.2 Å². The highest BCUT2D eigenvalue weighted by atomic mass is 35.5. The highest BCUT2D eigenvalue weighted by Gasteiger charge is 2.19. The number of likely N-dealkylation sites (N-methyl/N-ethyl adjacent to an activating group) is 1. The molecule has 0 amide bonds. The van der Waals surface area contributed by atoms with Crippen LogP contribution in [0.3, 0.4) is 0 Å². The summed E-state index contributed by atoms with van der Waals surface area (Å²) in [5.41, 5.74) is 2.94. The van der Waals surface area contributed by atoms with Gasteiger partial charge in [-0.2, -0.15) is 0 Å². The first-order valence-corrected chi connectivity index (χ1v) is 5.92. The Morgan fingerprint density at radius 2 is 2.43 bits per heavy atom. The zero-order valence-electron chi connectivity index (χ0n) is 9.22. The molecule has 1 saturated heterocycles. The summed E-state index contributed by atoms with van der Waals surface area (Å²) in [5.74, 6) is 0. The normalized spacial score (nSPS) is 24.3. The van der Waals surface area contributed by atoms with E-state index in [1.165, 1.54) is 25.0 Å². The van der Waals surface area contributed by atoms with Crippen LogP contribution in [0.25, 0.3) is 0 Å². The molecule has 1 aliphatic rings. The molecule has 0 aromatic heterocycles. The van der Waals surface area contributed by atoms with Crippen molar-refractivity contribution >= 4 is 11.6 Å². The van der Waals surface area contributed by atoms with Gasteiger partial charge in [0.1, 0.15) is 0 Å². The first-order valence-electron chi connectivity index (χ1n) is 5.48. The van der Waals surface area contributed by atoms with Crippen LogP contribution in [-0.2, 0) is 0 Å². The zero-order valence-corrected chi connectivity index (χ0v) is 9.98. The Labute approximate surface area is 92.3 Å². The summed E-state index contributed by atoms with van der Waals surface area (Å²) in [5, 5.41) is 3.45. The van der Waals surface area contributed by atoms with Gasteiger partial charge in [-0.05, 0) is 38.4 Å². The van der Waals surface area contributed by atoms with Crippen molar-refractivity contribution in [1.82, 2.24) is 10.2 Å². The van der Waals surface area contributed by atoms with E-state index in [-0.39, 0.29) is 0 Å². The lowest BCUT2D eigenvalue weighted by Crippen LogP contribution is -2.46. The SMILES string of the molecule is CCN(CC(C)=CCl)C1CCCNC1. The monoisotopic (exact) mass is 216 g/mol. The van der Waals surface area contributed by atoms with Gasteiger partial charge < -0.3 is 5.32 Å². The Balaban J connectivity index is 2.43. The van der Waals surface area contributed by atoms with Crippen LogP contribution in [-0.4, -0.2) is 37.1 Å². The number of nitrogens with zero attached hydrogens (tertiary/aromatic N) is 1. The lowest BCUT2D eigenvalue weighted by atomic mass is 10.1. The average Bonchev–Trinajstić information content (AvgIpc) is 2.26. The maximum Gasteiger partial charge on any atom is 0.0224 e. The van der Waals surface area contributed by atoms with Crippen molar-refractivity contribution in [3.63, 3.8) is 0 Å². The number of nitrogens with one attached hydrogen (secondary N) is 1. The van der Waals surface area contributed by atoms with Gasteiger partial charge in [0, 0.05) is 24.7 Å². The Morgan fingerprint density at radius 1 is 1.64 bits per heavy atom. The molecular weight excluding hydrogens is 196 g/mol. The summed E-state index contributed by atoms with van der Waals surface area (Å²) in [6, 6.07) is 0.695. The van der Waals surface area contributed by atoms with E-state index >= 15 is 0 Å². The summed E-state index contributed by atoms with van der Waals surface area (Å²) in [6.07, 6.45) is 2.61. The standard InChI is InChI=1S/C11H21ClN2/c1-3-14(9-10(2)7-12)11-5-4-6-13-8-11/h7,11,13H,3-6,8-9H2,1-2H3. The molecule has 1 atom stereocenters. The fraction of sp³-hybridized carbons (Fsp3) is 0.818. The van der Waals surface area contributed by atoms with E-state index in [9.17, 15) is 0 Å². The molecule has 14 heavy (non-hydrogen) atoms. The quantitative estimate of drug-likeness (QED) is 0.775. The molecule has 0 bridgehead atoms. The fourth-order valence-corrected chi connectivity index (χ4v) is 2.07. The van der Waals surface area contributed by atoms with Gasteiger partial charge >= 0.3 is 0 Å². The van der Waals surface area contributed by atoms with Gasteiger partial charge in [-0.25, -0.2) is 0 Å². The van der Waals surface area contributed by atoms with Crippen molar-refractivity contribution in [2.24, 2.45) is 0 Å². The third-order valence-corrected chi connectivity index (χ3v) is 3.20. The van der Waals surface area contributed by atoms with Gasteiger partial charge in [-0.3, -0.25) is 4.90 Å². The molecule has 0 aliphatic carbocycles. The summed E-state index contributed by atoms with van der Waals surface area (Å²) in [4.78, 5) is 2.50. The molecule has 1 heterocycles. The van der Waals surface area contributed by atoms with Gasteiger partial charge in [0.2, 0.25) is 0 Å². The van der Waals surface area contributed by atoms with Gasteiger partial charge in [0.25, 0.3) is 0 Å². The largest absolute Gasteiger partial charge is 0.315 e. The first-order chi connectivity index (χ1) is 6.77. The predicted octanol–water partition coefficient (Wildman–Crippen LogP) is 2.20. The molecule has 0 aromatic rings. The number of hydrogen-bond acceptors (Lipinski definition) is 2. The molecule has 0 spiro atoms. The van der Waals surface area contributed by atoms with Gasteiger partial charge in [0.05, 0.1) is 0 Å². The second-order valence-corrected chi connectivity index (χ2v) is 4.24. The minimum absolute atomic E-state index is 0.695. The molecule has 1 N–H and O–H groups in total. The van der Waals surface area contributed by atoms with Crippen LogP contribution in [0, 0.1) is 0 Å². The Morgan fingerprint density at radius 3 is 2.93 bits per heavy atom. The van der Waals surface area contributed by atoms with E-state index in [4.69, 9.17) is 11.6 Å². The molecule has 0 radical (unpaired) electrons. The van der Waals surface area contributed by atoms with Gasteiger partial charge in [0.15, 0.2) is 0 Å². The van der Waals surface area contributed by atoms with E-state index in [0.29, 0.717) is 6.04 Å². The van der Waals surface area contributed by atoms with Crippen molar-refractivity contribution in [3.05, 3.63) is 11.1 Å². The van der Waals surface area contributed by atoms with Crippen LogP contribution in [0.5, 0.6) is 0 Å². The molecule has 3 heteroatoms. The summed E-state index contributed by atoms with van der Waals surface area (Å²) in [6.45, 7) is 8.73. The highest BCUT2D eigenvalue weighted by molar-refractivity contribution is 6.25. The topological polar surface area (TPSA) is 15.3 Å². The van der Waals surface area contributed by atoms with Crippen LogP contribution in [0.1, 0.15) is 26.7 Å². The predicted molar refractivity (Wildman–Crippen MR) is 62.7 cm³/mol. The Bertz CT molecular complexity index is 186. The van der Waals surface area contributed by atoms with Crippen LogP contribution >= 0.6 is 11.6 Å². The van der Waals surface area contributed by atoms with Crippen LogP contribution < -0.4 is 5.32 Å². The number of rotatable bonds is 4. The molecule has 1 unspecified atom stereocenters. The van der Waals surface area contributed by atoms with Crippen molar-refractivity contribution in [1.29, 1.82) is 0 Å². The summed E-state index contributed by atoms with van der Waals surface area (Å²) in [7, 11) is 0. The molecule has 82 valence electrons. The molecule has 1 fully saturated rings. The van der Waals surface area contributed by atoms with Gasteiger partial charge in [-0.1, -0.05) is 18.5 Å². The smallest absolute Gasteiger partial charge is 0.0224 e. The Hall–Kier alpha value is -0.0500. The van der Waals surface area contributed by atoms with Crippen LogP contribution in [0.2, 0.25) is 0 Å². The average molecular weight is 217 g/mol. The zero-order chi connectivity index (χ0) is 10.4. The number of piperidine rings is 1. The first kappa shape index (κ1) is 12.0. The molecule has 1 aliphatic heterocycles. The minimum atomic E-state index is 0.695. The molecular formula is C11H21ClN2. The van der Waals surface area contributed by atoms with E-state index in [2.05, 4.69) is 24.1 Å². The van der Waals surface area contributed by atoms with Crippen LogP contribution in [0.4, 0.5) is 0 Å². The van der Waals surface area contributed by atoms with Crippen LogP contribution in [0.15, 0.2) is 11.1 Å². The van der Waals surface area contributed by atoms with E-state index in [0.717, 1.165) is 19.6 Å². The third kappa shape index (κ3) is 3.60. The van der Waals surface area contributed by atoms with Gasteiger partial charge in [-0.15, -0.1) is 0 Å². The molecule has 0 aromatic carbocycles. The fourth-order valence-electron chi connectivity index (χ4n) is 2.00. The molecule has 1 rings (SSSR count). The molecule has 2 nitrogen and oxygen atoms in total. The second kappa shape index (κ2) is 6.44. The lowest BCUT2D eigenvalue weighted by Gasteiger charge is -2.34.